The van der Waals surface area contributed by atoms with Gasteiger partial charge in [-0.25, -0.2) is 0 Å². The van der Waals surface area contributed by atoms with Crippen LogP contribution in [-0.2, 0) is 7.05 Å². The molecule has 2 aromatic rings. The van der Waals surface area contributed by atoms with Gasteiger partial charge in [0.1, 0.15) is 0 Å². The molecule has 21 heavy (non-hydrogen) atoms. The lowest BCUT2D eigenvalue weighted by Crippen LogP contribution is -2.20. The lowest BCUT2D eigenvalue weighted by atomic mass is 10.2. The summed E-state index contributed by atoms with van der Waals surface area (Å²) in [5.41, 5.74) is 1.35. The van der Waals surface area contributed by atoms with Crippen molar-refractivity contribution >= 4 is 45.7 Å². The number of azo groups is 1. The quantitative estimate of drug-likeness (QED) is 0.502. The average molecular weight is 322 g/mol. The van der Waals surface area contributed by atoms with E-state index in [-0.39, 0.29) is 5.88 Å². The number of fused-ring (bicyclic) bond motifs is 1. The number of aryl methyl sites for hydroxylation is 1. The zero-order valence-corrected chi connectivity index (χ0v) is 13.7. The second-order valence-electron chi connectivity index (χ2n) is 4.53. The third-order valence-electron chi connectivity index (χ3n) is 3.09. The first-order valence-electron chi connectivity index (χ1n) is 6.60. The number of nitrogens with zero attached hydrogens (tertiary/aromatic N) is 3. The van der Waals surface area contributed by atoms with Gasteiger partial charge in [-0.15, -0.1) is 10.2 Å². The molecule has 0 atom stereocenters. The Morgan fingerprint density at radius 1 is 1.43 bits per heavy atom. The smallest absolute Gasteiger partial charge is 0.220 e. The molecule has 1 heterocycles. The highest BCUT2D eigenvalue weighted by atomic mass is 32.2. The third kappa shape index (κ3) is 3.74. The summed E-state index contributed by atoms with van der Waals surface area (Å²) in [4.78, 5) is 0. The van der Waals surface area contributed by atoms with Gasteiger partial charge < -0.3 is 15.0 Å². The molecule has 0 aliphatic carbocycles. The van der Waals surface area contributed by atoms with Crippen LogP contribution in [0.4, 0.5) is 5.69 Å². The van der Waals surface area contributed by atoms with E-state index in [9.17, 15) is 5.11 Å². The Bertz CT molecular complexity index is 666. The number of nitrogens with one attached hydrogen (secondary N) is 1. The first kappa shape index (κ1) is 15.8. The van der Waals surface area contributed by atoms with Crippen LogP contribution in [0.2, 0.25) is 0 Å². The highest BCUT2D eigenvalue weighted by Crippen LogP contribution is 2.37. The molecule has 2 rings (SSSR count). The van der Waals surface area contributed by atoms with Gasteiger partial charge in [0.05, 0.1) is 5.52 Å². The highest BCUT2D eigenvalue weighted by molar-refractivity contribution is 7.98. The SMILES string of the molecule is CSCCCNC(=S)N=Nc1c(O)n(C)c2ccccc12. The number of hydrogen-bond donors (Lipinski definition) is 2. The Kier molecular flexibility index (Phi) is 5.58. The Morgan fingerprint density at radius 3 is 2.95 bits per heavy atom. The number of benzene rings is 1. The van der Waals surface area contributed by atoms with Crippen molar-refractivity contribution in [3.8, 4) is 5.88 Å². The summed E-state index contributed by atoms with van der Waals surface area (Å²) in [6.07, 6.45) is 3.09. The Balaban J connectivity index is 2.11. The average Bonchev–Trinajstić information content (AvgIpc) is 2.74. The summed E-state index contributed by atoms with van der Waals surface area (Å²) in [7, 11) is 1.79. The van der Waals surface area contributed by atoms with Crippen LogP contribution in [0.25, 0.3) is 10.9 Å². The number of aromatic nitrogens is 1. The third-order valence-corrected chi connectivity index (χ3v) is 4.02. The molecule has 0 fully saturated rings. The van der Waals surface area contributed by atoms with E-state index in [1.807, 2.05) is 24.3 Å². The zero-order chi connectivity index (χ0) is 15.2. The number of thioether (sulfide) groups is 1. The molecule has 0 aliphatic heterocycles. The van der Waals surface area contributed by atoms with Crippen molar-refractivity contribution in [1.82, 2.24) is 9.88 Å². The minimum Gasteiger partial charge on any atom is -0.493 e. The van der Waals surface area contributed by atoms with Crippen molar-refractivity contribution in [2.75, 3.05) is 18.6 Å². The van der Waals surface area contributed by atoms with Crippen LogP contribution in [-0.4, -0.2) is 33.3 Å². The molecular weight excluding hydrogens is 304 g/mol. The second-order valence-corrected chi connectivity index (χ2v) is 5.90. The molecule has 0 saturated heterocycles. The predicted molar refractivity (Wildman–Crippen MR) is 92.7 cm³/mol. The number of thiocarbonyl (C=S) groups is 1. The monoisotopic (exact) mass is 322 g/mol. The number of para-hydroxylation sites is 1. The lowest BCUT2D eigenvalue weighted by Gasteiger charge is -2.01. The maximum Gasteiger partial charge on any atom is 0.220 e. The molecule has 0 bridgehead atoms. The van der Waals surface area contributed by atoms with Gasteiger partial charge in [0, 0.05) is 19.0 Å². The molecule has 1 aromatic heterocycles. The van der Waals surface area contributed by atoms with Gasteiger partial charge >= 0.3 is 0 Å². The van der Waals surface area contributed by atoms with E-state index in [1.54, 1.807) is 23.4 Å². The maximum atomic E-state index is 10.1. The van der Waals surface area contributed by atoms with E-state index < -0.39 is 0 Å². The van der Waals surface area contributed by atoms with Crippen molar-refractivity contribution < 1.29 is 5.11 Å². The summed E-state index contributed by atoms with van der Waals surface area (Å²) in [6.45, 7) is 0.778. The second kappa shape index (κ2) is 7.42. The topological polar surface area (TPSA) is 61.9 Å². The molecule has 2 N–H and O–H groups in total. The van der Waals surface area contributed by atoms with Gasteiger partial charge in [-0.1, -0.05) is 18.2 Å². The molecule has 0 amide bonds. The first-order chi connectivity index (χ1) is 10.1. The summed E-state index contributed by atoms with van der Waals surface area (Å²) in [5, 5.41) is 22.4. The van der Waals surface area contributed by atoms with Crippen LogP contribution >= 0.6 is 24.0 Å². The normalized spacial score (nSPS) is 11.3. The molecular formula is C14H18N4OS2. The minimum atomic E-state index is 0.0881. The first-order valence-corrected chi connectivity index (χ1v) is 8.40. The molecule has 0 radical (unpaired) electrons. The van der Waals surface area contributed by atoms with Crippen LogP contribution in [0.5, 0.6) is 5.88 Å². The minimum absolute atomic E-state index is 0.0881. The summed E-state index contributed by atoms with van der Waals surface area (Å²) in [6, 6.07) is 7.64. The van der Waals surface area contributed by atoms with Gasteiger partial charge in [0.15, 0.2) is 5.69 Å². The standard InChI is InChI=1S/C14H18N4OS2/c1-18-11-7-4-3-6-10(11)12(13(18)19)16-17-14(20)15-8-5-9-21-2/h3-4,6-7,19H,5,8-9H2,1-2H3,(H,15,20). The van der Waals surface area contributed by atoms with E-state index >= 15 is 0 Å². The lowest BCUT2D eigenvalue weighted by molar-refractivity contribution is 0.436. The number of hydrogen-bond acceptors (Lipinski definition) is 4. The largest absolute Gasteiger partial charge is 0.493 e. The Hall–Kier alpha value is -1.60. The summed E-state index contributed by atoms with van der Waals surface area (Å²) < 4.78 is 1.68. The zero-order valence-electron chi connectivity index (χ0n) is 12.0. The van der Waals surface area contributed by atoms with Crippen molar-refractivity contribution in [3.05, 3.63) is 24.3 Å². The molecule has 5 nitrogen and oxygen atoms in total. The molecule has 1 aromatic carbocycles. The molecule has 0 spiro atoms. The van der Waals surface area contributed by atoms with E-state index in [2.05, 4.69) is 21.8 Å². The van der Waals surface area contributed by atoms with Crippen LogP contribution in [0.1, 0.15) is 6.42 Å². The predicted octanol–water partition coefficient (Wildman–Crippen LogP) is 3.60. The van der Waals surface area contributed by atoms with Crippen LogP contribution in [0, 0.1) is 0 Å². The van der Waals surface area contributed by atoms with Crippen molar-refractivity contribution in [2.45, 2.75) is 6.42 Å². The fourth-order valence-electron chi connectivity index (χ4n) is 2.00. The number of rotatable bonds is 5. The van der Waals surface area contributed by atoms with Gasteiger partial charge in [0.25, 0.3) is 0 Å². The molecule has 0 aliphatic rings. The Morgan fingerprint density at radius 2 is 2.19 bits per heavy atom. The summed E-state index contributed by atoms with van der Waals surface area (Å²) >= 11 is 6.91. The maximum absolute atomic E-state index is 10.1. The molecule has 112 valence electrons. The summed E-state index contributed by atoms with van der Waals surface area (Å²) in [5.74, 6) is 1.17. The van der Waals surface area contributed by atoms with Crippen molar-refractivity contribution in [2.24, 2.45) is 17.3 Å². The van der Waals surface area contributed by atoms with Crippen LogP contribution < -0.4 is 5.32 Å². The van der Waals surface area contributed by atoms with Gasteiger partial charge in [-0.05, 0) is 36.7 Å². The fourth-order valence-corrected chi connectivity index (χ4v) is 2.58. The van der Waals surface area contributed by atoms with Gasteiger partial charge in [0.2, 0.25) is 11.0 Å². The van der Waals surface area contributed by atoms with Crippen LogP contribution in [0.15, 0.2) is 34.5 Å². The van der Waals surface area contributed by atoms with Gasteiger partial charge in [-0.2, -0.15) is 11.8 Å². The highest BCUT2D eigenvalue weighted by Gasteiger charge is 2.13. The molecule has 0 unspecified atom stereocenters. The van der Waals surface area contributed by atoms with Crippen molar-refractivity contribution in [1.29, 1.82) is 0 Å². The fraction of sp³-hybridized carbons (Fsp3) is 0.357. The van der Waals surface area contributed by atoms with E-state index in [0.717, 1.165) is 29.6 Å². The number of aromatic hydroxyl groups is 1. The Labute approximate surface area is 133 Å². The van der Waals surface area contributed by atoms with Crippen molar-refractivity contribution in [3.63, 3.8) is 0 Å². The molecule has 7 heteroatoms. The van der Waals surface area contributed by atoms with E-state index in [1.165, 1.54) is 0 Å². The van der Waals surface area contributed by atoms with E-state index in [4.69, 9.17) is 12.2 Å². The van der Waals surface area contributed by atoms with Crippen LogP contribution in [0.3, 0.4) is 0 Å². The van der Waals surface area contributed by atoms with E-state index in [0.29, 0.717) is 10.8 Å². The van der Waals surface area contributed by atoms with Gasteiger partial charge in [-0.3, -0.25) is 0 Å². The molecule has 0 saturated carbocycles.